The van der Waals surface area contributed by atoms with Crippen LogP contribution in [-0.2, 0) is 19.1 Å². The number of nitrogens with one attached hydrogen (secondary N) is 1. The molecule has 1 saturated heterocycles. The van der Waals surface area contributed by atoms with Crippen molar-refractivity contribution in [2.24, 2.45) is 0 Å². The van der Waals surface area contributed by atoms with Crippen LogP contribution in [0.2, 0.25) is 0 Å². The molecule has 2 heterocycles. The van der Waals surface area contributed by atoms with E-state index in [1.54, 1.807) is 6.07 Å². The van der Waals surface area contributed by atoms with Gasteiger partial charge in [0.25, 0.3) is 0 Å². The molecule has 0 spiro atoms. The number of aryl methyl sites for hydroxylation is 1. The largest absolute Gasteiger partial charge is 0.416 e. The van der Waals surface area contributed by atoms with Crippen LogP contribution in [0.25, 0.3) is 0 Å². The number of alkyl halides is 3. The molecule has 5 nitrogen and oxygen atoms in total. The molecule has 0 unspecified atom stereocenters. The zero-order valence-electron chi connectivity index (χ0n) is 13.2. The Bertz CT molecular complexity index is 701. The molecule has 1 aliphatic heterocycles. The molecule has 1 fully saturated rings. The summed E-state index contributed by atoms with van der Waals surface area (Å²) in [6.07, 6.45) is -4.14. The highest BCUT2D eigenvalue weighted by molar-refractivity contribution is 5.33. The molecule has 24 heavy (non-hydrogen) atoms. The molecule has 2 aromatic rings. The highest BCUT2D eigenvalue weighted by Crippen LogP contribution is 2.40. The lowest BCUT2D eigenvalue weighted by atomic mass is 9.97. The van der Waals surface area contributed by atoms with Gasteiger partial charge in [-0.3, -0.25) is 10.00 Å². The normalized spacial score (nSPS) is 22.2. The number of β-amino-alcohol motifs (C(OH)–C–C–N with tert-alkyl or cyclic N) is 1. The number of aromatic nitrogens is 3. The molecule has 1 aromatic heterocycles. The van der Waals surface area contributed by atoms with Crippen LogP contribution >= 0.6 is 0 Å². The van der Waals surface area contributed by atoms with Gasteiger partial charge in [0.05, 0.1) is 18.2 Å². The second-order valence-corrected chi connectivity index (χ2v) is 5.97. The number of rotatable bonds is 4. The summed E-state index contributed by atoms with van der Waals surface area (Å²) in [6, 6.07) is 5.04. The molecule has 1 aliphatic rings. The van der Waals surface area contributed by atoms with Gasteiger partial charge in [-0.25, -0.2) is 4.98 Å². The molecule has 0 bridgehead atoms. The maximum Gasteiger partial charge on any atom is 0.416 e. The number of nitrogens with zero attached hydrogens (tertiary/aromatic N) is 3. The van der Waals surface area contributed by atoms with E-state index in [0.29, 0.717) is 31.2 Å². The van der Waals surface area contributed by atoms with Gasteiger partial charge in [-0.05, 0) is 18.1 Å². The number of aliphatic hydroxyl groups excluding tert-OH is 1. The second kappa shape index (κ2) is 6.52. The van der Waals surface area contributed by atoms with Gasteiger partial charge in [-0.15, -0.1) is 0 Å². The Kier molecular flexibility index (Phi) is 4.60. The predicted molar refractivity (Wildman–Crippen MR) is 81.0 cm³/mol. The van der Waals surface area contributed by atoms with Crippen molar-refractivity contribution in [3.63, 3.8) is 0 Å². The number of H-pyrrole nitrogens is 1. The van der Waals surface area contributed by atoms with Gasteiger partial charge in [0.1, 0.15) is 11.6 Å². The quantitative estimate of drug-likeness (QED) is 0.898. The van der Waals surface area contributed by atoms with Crippen molar-refractivity contribution in [1.82, 2.24) is 20.1 Å². The first kappa shape index (κ1) is 16.9. The van der Waals surface area contributed by atoms with Crippen LogP contribution in [0.1, 0.15) is 42.2 Å². The lowest BCUT2D eigenvalue weighted by molar-refractivity contribution is -0.138. The van der Waals surface area contributed by atoms with Crippen molar-refractivity contribution >= 4 is 0 Å². The maximum atomic E-state index is 13.3. The van der Waals surface area contributed by atoms with Crippen molar-refractivity contribution in [1.29, 1.82) is 0 Å². The fourth-order valence-electron chi connectivity index (χ4n) is 3.18. The van der Waals surface area contributed by atoms with E-state index in [9.17, 15) is 18.3 Å². The van der Waals surface area contributed by atoms with Crippen LogP contribution in [0.15, 0.2) is 24.3 Å². The predicted octanol–water partition coefficient (Wildman–Crippen LogP) is 2.69. The van der Waals surface area contributed by atoms with Gasteiger partial charge < -0.3 is 5.11 Å². The SMILES string of the molecule is CCc1n[nH]c(CN2C[C@@H](O)C[C@@H]2c2ccccc2C(F)(F)F)n1. The molecule has 0 saturated carbocycles. The van der Waals surface area contributed by atoms with E-state index in [-0.39, 0.29) is 12.0 Å². The Hall–Kier alpha value is -1.93. The van der Waals surface area contributed by atoms with E-state index in [2.05, 4.69) is 15.2 Å². The summed E-state index contributed by atoms with van der Waals surface area (Å²) in [5, 5.41) is 16.8. The van der Waals surface area contributed by atoms with Crippen molar-refractivity contribution in [3.05, 3.63) is 47.0 Å². The molecule has 8 heteroatoms. The molecule has 2 N–H and O–H groups in total. The fraction of sp³-hybridized carbons (Fsp3) is 0.500. The van der Waals surface area contributed by atoms with Crippen LogP contribution in [0.5, 0.6) is 0 Å². The van der Waals surface area contributed by atoms with Gasteiger partial charge >= 0.3 is 6.18 Å². The zero-order valence-corrected chi connectivity index (χ0v) is 13.2. The van der Waals surface area contributed by atoms with Crippen LogP contribution in [-0.4, -0.2) is 37.8 Å². The summed E-state index contributed by atoms with van der Waals surface area (Å²) in [4.78, 5) is 6.12. The number of likely N-dealkylation sites (tertiary alicyclic amines) is 1. The van der Waals surface area contributed by atoms with E-state index < -0.39 is 23.9 Å². The third-order valence-corrected chi connectivity index (χ3v) is 4.25. The molecule has 1 aromatic carbocycles. The lowest BCUT2D eigenvalue weighted by Crippen LogP contribution is -2.26. The summed E-state index contributed by atoms with van der Waals surface area (Å²) in [7, 11) is 0. The van der Waals surface area contributed by atoms with Crippen molar-refractivity contribution < 1.29 is 18.3 Å². The Morgan fingerprint density at radius 2 is 2.08 bits per heavy atom. The summed E-state index contributed by atoms with van der Waals surface area (Å²) in [6.45, 7) is 2.55. The maximum absolute atomic E-state index is 13.3. The van der Waals surface area contributed by atoms with Crippen LogP contribution in [0.3, 0.4) is 0 Å². The number of hydrogen-bond acceptors (Lipinski definition) is 4. The fourth-order valence-corrected chi connectivity index (χ4v) is 3.18. The minimum Gasteiger partial charge on any atom is -0.392 e. The third kappa shape index (κ3) is 3.44. The minimum atomic E-state index is -4.42. The number of aromatic amines is 1. The molecule has 2 atom stereocenters. The molecule has 3 rings (SSSR count). The van der Waals surface area contributed by atoms with E-state index >= 15 is 0 Å². The molecule has 0 amide bonds. The van der Waals surface area contributed by atoms with E-state index in [0.717, 1.165) is 6.07 Å². The number of benzene rings is 1. The Morgan fingerprint density at radius 3 is 2.75 bits per heavy atom. The van der Waals surface area contributed by atoms with Crippen LogP contribution in [0.4, 0.5) is 13.2 Å². The first-order valence-electron chi connectivity index (χ1n) is 7.87. The number of hydrogen-bond donors (Lipinski definition) is 2. The first-order valence-corrected chi connectivity index (χ1v) is 7.87. The first-order chi connectivity index (χ1) is 11.4. The second-order valence-electron chi connectivity index (χ2n) is 5.97. The highest BCUT2D eigenvalue weighted by Gasteiger charge is 2.39. The van der Waals surface area contributed by atoms with Gasteiger partial charge in [0.15, 0.2) is 0 Å². The van der Waals surface area contributed by atoms with Crippen LogP contribution < -0.4 is 0 Å². The van der Waals surface area contributed by atoms with Crippen molar-refractivity contribution in [2.75, 3.05) is 6.54 Å². The average Bonchev–Trinajstić information content (AvgIpc) is 3.13. The average molecular weight is 340 g/mol. The number of aliphatic hydroxyl groups is 1. The molecular formula is C16H19F3N4O. The van der Waals surface area contributed by atoms with E-state index in [1.807, 2.05) is 11.8 Å². The van der Waals surface area contributed by atoms with Gasteiger partial charge in [-0.2, -0.15) is 18.3 Å². The zero-order chi connectivity index (χ0) is 17.3. The van der Waals surface area contributed by atoms with E-state index in [4.69, 9.17) is 0 Å². The molecule has 130 valence electrons. The minimum absolute atomic E-state index is 0.191. The van der Waals surface area contributed by atoms with Gasteiger partial charge in [0.2, 0.25) is 0 Å². The third-order valence-electron chi connectivity index (χ3n) is 4.25. The topological polar surface area (TPSA) is 65.0 Å². The Balaban J connectivity index is 1.88. The summed E-state index contributed by atoms with van der Waals surface area (Å²) >= 11 is 0. The van der Waals surface area contributed by atoms with Gasteiger partial charge in [-0.1, -0.05) is 25.1 Å². The van der Waals surface area contributed by atoms with Crippen molar-refractivity contribution in [3.8, 4) is 0 Å². The van der Waals surface area contributed by atoms with Gasteiger partial charge in [0, 0.05) is 19.0 Å². The highest BCUT2D eigenvalue weighted by atomic mass is 19.4. The monoisotopic (exact) mass is 340 g/mol. The number of halogens is 3. The van der Waals surface area contributed by atoms with Crippen molar-refractivity contribution in [2.45, 2.75) is 44.6 Å². The standard InChI is InChI=1S/C16H19F3N4O/c1-2-14-20-15(22-21-14)9-23-8-10(24)7-13(23)11-5-3-4-6-12(11)16(17,18)19/h3-6,10,13,24H,2,7-9H2,1H3,(H,20,21,22)/t10-,13+/m0/s1. The summed E-state index contributed by atoms with van der Waals surface area (Å²) in [5.41, 5.74) is -0.460. The summed E-state index contributed by atoms with van der Waals surface area (Å²) < 4.78 is 39.9. The lowest BCUT2D eigenvalue weighted by Gasteiger charge is -2.26. The Morgan fingerprint density at radius 1 is 1.33 bits per heavy atom. The van der Waals surface area contributed by atoms with Crippen LogP contribution in [0, 0.1) is 0 Å². The molecular weight excluding hydrogens is 321 g/mol. The molecule has 0 aliphatic carbocycles. The smallest absolute Gasteiger partial charge is 0.392 e. The molecule has 0 radical (unpaired) electrons. The Labute approximate surface area is 137 Å². The summed E-state index contributed by atoms with van der Waals surface area (Å²) in [5.74, 6) is 1.26. The van der Waals surface area contributed by atoms with E-state index in [1.165, 1.54) is 12.1 Å².